The molecule has 1 N–H and O–H groups in total. The minimum atomic E-state index is -0.0758. The average Bonchev–Trinajstić information content (AvgIpc) is 2.95. The molecule has 1 amide bonds. The van der Waals surface area contributed by atoms with Crippen molar-refractivity contribution in [2.75, 3.05) is 13.1 Å². The molecule has 2 atom stereocenters. The van der Waals surface area contributed by atoms with E-state index in [1.54, 1.807) is 6.20 Å². The van der Waals surface area contributed by atoms with Crippen LogP contribution in [-0.4, -0.2) is 28.9 Å². The summed E-state index contributed by atoms with van der Waals surface area (Å²) in [6, 6.07) is 12.5. The normalized spacial score (nSPS) is 21.9. The van der Waals surface area contributed by atoms with Crippen LogP contribution >= 0.6 is 0 Å². The number of nitrogens with zero attached hydrogens (tertiary/aromatic N) is 2. The molecular weight excluding hydrogens is 406 g/mol. The van der Waals surface area contributed by atoms with Gasteiger partial charge in [-0.15, -0.1) is 0 Å². The molecule has 4 nitrogen and oxygen atoms in total. The van der Waals surface area contributed by atoms with Gasteiger partial charge in [-0.3, -0.25) is 9.78 Å². The lowest BCUT2D eigenvalue weighted by Gasteiger charge is -2.41. The second kappa shape index (κ2) is 12.2. The number of carbonyl (C=O) groups is 1. The number of amides is 1. The SMILES string of the molecule is CC.Cc1ccc(C2C3=C(CCN2C(=O)CCc2cccnc2)C(C)/C=C\C=C/CN3)cc1. The monoisotopic (exact) mass is 443 g/mol. The van der Waals surface area contributed by atoms with E-state index in [0.717, 1.165) is 25.1 Å². The molecule has 3 heterocycles. The van der Waals surface area contributed by atoms with Crippen LogP contribution in [0.1, 0.15) is 56.3 Å². The predicted octanol–water partition coefficient (Wildman–Crippen LogP) is 5.93. The third-order valence-electron chi connectivity index (χ3n) is 6.22. The van der Waals surface area contributed by atoms with E-state index in [4.69, 9.17) is 0 Å². The largest absolute Gasteiger partial charge is 0.383 e. The van der Waals surface area contributed by atoms with E-state index < -0.39 is 0 Å². The Bertz CT molecular complexity index is 989. The molecule has 2 aliphatic heterocycles. The highest BCUT2D eigenvalue weighted by molar-refractivity contribution is 5.78. The van der Waals surface area contributed by atoms with Gasteiger partial charge in [0.05, 0.1) is 6.04 Å². The summed E-state index contributed by atoms with van der Waals surface area (Å²) in [4.78, 5) is 19.7. The van der Waals surface area contributed by atoms with Gasteiger partial charge in [0.1, 0.15) is 0 Å². The number of benzene rings is 1. The molecule has 0 fully saturated rings. The van der Waals surface area contributed by atoms with Crippen LogP contribution in [0, 0.1) is 12.8 Å². The van der Waals surface area contributed by atoms with Crippen LogP contribution in [0.4, 0.5) is 0 Å². The first-order valence-corrected chi connectivity index (χ1v) is 12.2. The Morgan fingerprint density at radius 3 is 2.67 bits per heavy atom. The number of rotatable bonds is 4. The van der Waals surface area contributed by atoms with Crippen LogP contribution in [0.25, 0.3) is 0 Å². The molecule has 2 aliphatic rings. The summed E-state index contributed by atoms with van der Waals surface area (Å²) in [5, 5.41) is 3.66. The Morgan fingerprint density at radius 2 is 1.94 bits per heavy atom. The quantitative estimate of drug-likeness (QED) is 0.637. The molecule has 0 saturated carbocycles. The van der Waals surface area contributed by atoms with Crippen molar-refractivity contribution in [3.63, 3.8) is 0 Å². The molecule has 1 aromatic carbocycles. The smallest absolute Gasteiger partial charge is 0.223 e. The minimum Gasteiger partial charge on any atom is -0.383 e. The second-order valence-electron chi connectivity index (χ2n) is 8.43. The zero-order valence-corrected chi connectivity index (χ0v) is 20.4. The van der Waals surface area contributed by atoms with Gasteiger partial charge in [-0.25, -0.2) is 0 Å². The molecular formula is C29H37N3O. The van der Waals surface area contributed by atoms with Gasteiger partial charge < -0.3 is 10.2 Å². The fourth-order valence-corrected chi connectivity index (χ4v) is 4.49. The lowest BCUT2D eigenvalue weighted by Crippen LogP contribution is -2.44. The Hall–Kier alpha value is -3.14. The molecule has 0 bridgehead atoms. The molecule has 4 rings (SSSR count). The van der Waals surface area contributed by atoms with Crippen molar-refractivity contribution in [1.29, 1.82) is 0 Å². The third-order valence-corrected chi connectivity index (χ3v) is 6.22. The van der Waals surface area contributed by atoms with Crippen LogP contribution < -0.4 is 5.32 Å². The number of carbonyl (C=O) groups excluding carboxylic acids is 1. The van der Waals surface area contributed by atoms with Crippen molar-refractivity contribution in [2.24, 2.45) is 5.92 Å². The zero-order valence-electron chi connectivity index (χ0n) is 20.4. The van der Waals surface area contributed by atoms with Gasteiger partial charge >= 0.3 is 0 Å². The molecule has 0 radical (unpaired) electrons. The van der Waals surface area contributed by atoms with Crippen LogP contribution in [0.3, 0.4) is 0 Å². The van der Waals surface area contributed by atoms with Crippen molar-refractivity contribution in [2.45, 2.75) is 53.0 Å². The molecule has 4 heteroatoms. The predicted molar refractivity (Wildman–Crippen MR) is 137 cm³/mol. The van der Waals surface area contributed by atoms with E-state index in [9.17, 15) is 4.79 Å². The number of aromatic nitrogens is 1. The summed E-state index contributed by atoms with van der Waals surface area (Å²) in [6.07, 6.45) is 14.3. The van der Waals surface area contributed by atoms with Crippen molar-refractivity contribution in [1.82, 2.24) is 15.2 Å². The topological polar surface area (TPSA) is 45.2 Å². The van der Waals surface area contributed by atoms with Crippen LogP contribution in [0.15, 0.2) is 84.4 Å². The number of hydrogen-bond donors (Lipinski definition) is 1. The number of pyridine rings is 1. The van der Waals surface area contributed by atoms with Crippen molar-refractivity contribution in [3.05, 3.63) is 101 Å². The number of aryl methyl sites for hydroxylation is 2. The van der Waals surface area contributed by atoms with Gasteiger partial charge in [0, 0.05) is 37.6 Å². The summed E-state index contributed by atoms with van der Waals surface area (Å²) in [7, 11) is 0. The highest BCUT2D eigenvalue weighted by atomic mass is 16.2. The number of nitrogens with one attached hydrogen (secondary N) is 1. The molecule has 1 aromatic heterocycles. The van der Waals surface area contributed by atoms with Gasteiger partial charge in [0.15, 0.2) is 0 Å². The molecule has 0 spiro atoms. The highest BCUT2D eigenvalue weighted by Crippen LogP contribution is 2.38. The van der Waals surface area contributed by atoms with Gasteiger partial charge in [-0.05, 0) is 48.4 Å². The van der Waals surface area contributed by atoms with Crippen LogP contribution in [-0.2, 0) is 11.2 Å². The summed E-state index contributed by atoms with van der Waals surface area (Å²) in [5.41, 5.74) is 6.09. The van der Waals surface area contributed by atoms with Crippen molar-refractivity contribution < 1.29 is 4.79 Å². The molecule has 2 unspecified atom stereocenters. The molecule has 0 saturated heterocycles. The van der Waals surface area contributed by atoms with E-state index in [0.29, 0.717) is 18.8 Å². The molecule has 0 aliphatic carbocycles. The average molecular weight is 444 g/mol. The first kappa shape index (κ1) is 24.5. The lowest BCUT2D eigenvalue weighted by molar-refractivity contribution is -0.133. The summed E-state index contributed by atoms with van der Waals surface area (Å²) < 4.78 is 0. The van der Waals surface area contributed by atoms with Crippen molar-refractivity contribution >= 4 is 5.91 Å². The van der Waals surface area contributed by atoms with Gasteiger partial charge in [-0.2, -0.15) is 0 Å². The van der Waals surface area contributed by atoms with Crippen LogP contribution in [0.2, 0.25) is 0 Å². The Kier molecular flexibility index (Phi) is 9.05. The highest BCUT2D eigenvalue weighted by Gasteiger charge is 2.34. The maximum Gasteiger partial charge on any atom is 0.223 e. The molecule has 174 valence electrons. The maximum atomic E-state index is 13.4. The Balaban J connectivity index is 0.00000149. The zero-order chi connectivity index (χ0) is 23.6. The minimum absolute atomic E-state index is 0.0758. The van der Waals surface area contributed by atoms with E-state index in [-0.39, 0.29) is 11.9 Å². The van der Waals surface area contributed by atoms with E-state index in [2.05, 4.69) is 77.6 Å². The van der Waals surface area contributed by atoms with Gasteiger partial charge in [0.25, 0.3) is 0 Å². The first-order chi connectivity index (χ1) is 16.1. The van der Waals surface area contributed by atoms with E-state index in [1.807, 2.05) is 32.2 Å². The summed E-state index contributed by atoms with van der Waals surface area (Å²) >= 11 is 0. The number of hydrogen-bond acceptors (Lipinski definition) is 3. The van der Waals surface area contributed by atoms with Gasteiger partial charge in [0.2, 0.25) is 5.91 Å². The number of allylic oxidation sites excluding steroid dienone is 3. The molecule has 2 aromatic rings. The van der Waals surface area contributed by atoms with E-state index >= 15 is 0 Å². The Labute approximate surface area is 199 Å². The fourth-order valence-electron chi connectivity index (χ4n) is 4.49. The second-order valence-corrected chi connectivity index (χ2v) is 8.43. The molecule has 33 heavy (non-hydrogen) atoms. The standard InChI is InChI=1S/C27H31N3O.C2H6/c1-20-9-12-23(13-10-20)27-26-24(21(2)7-4-3-5-17-29-26)15-18-30(27)25(31)14-11-22-8-6-16-28-19-22;1-2/h3-10,12-13,16,19,21,27,29H,11,14-15,17-18H2,1-2H3;1-2H3/b5-3-,7-4-;. The van der Waals surface area contributed by atoms with E-state index in [1.165, 1.54) is 22.4 Å². The van der Waals surface area contributed by atoms with Gasteiger partial charge in [-0.1, -0.05) is 81.0 Å². The lowest BCUT2D eigenvalue weighted by atomic mass is 9.85. The summed E-state index contributed by atoms with van der Waals surface area (Å²) in [5.74, 6) is 0.534. The van der Waals surface area contributed by atoms with Crippen molar-refractivity contribution in [3.8, 4) is 0 Å². The van der Waals surface area contributed by atoms with Crippen LogP contribution in [0.5, 0.6) is 0 Å². The Morgan fingerprint density at radius 1 is 1.15 bits per heavy atom. The fraction of sp³-hybridized carbons (Fsp3) is 0.379. The third kappa shape index (κ3) is 6.22. The maximum absolute atomic E-state index is 13.4. The first-order valence-electron chi connectivity index (χ1n) is 12.2. The summed E-state index contributed by atoms with van der Waals surface area (Å²) in [6.45, 7) is 9.85.